The number of alkyl halides is 2. The second-order valence-electron chi connectivity index (χ2n) is 12.4. The molecule has 216 valence electrons. The Balaban J connectivity index is 1.46. The monoisotopic (exact) mass is 569 g/mol. The summed E-state index contributed by atoms with van der Waals surface area (Å²) in [6.45, 7) is 1.21. The lowest BCUT2D eigenvalue weighted by Crippen LogP contribution is -2.46. The van der Waals surface area contributed by atoms with Gasteiger partial charge in [-0.1, -0.05) is 26.2 Å². The van der Waals surface area contributed by atoms with Gasteiger partial charge in [-0.3, -0.25) is 23.9 Å². The SMILES string of the molecule is CC1(CC(=O)c2cn(-c3ccc(F)cc3F)c3nc(N4CC(F)(F)CCC4=O)ccc3c2=O)CC2CCCC(C2)C1. The number of hydrogen-bond acceptors (Lipinski definition) is 4. The maximum absolute atomic E-state index is 15.1. The molecule has 2 aromatic heterocycles. The van der Waals surface area contributed by atoms with Gasteiger partial charge in [0, 0.05) is 31.5 Å². The van der Waals surface area contributed by atoms with Crippen molar-refractivity contribution in [2.24, 2.45) is 17.3 Å². The average Bonchev–Trinajstić information content (AvgIpc) is 2.90. The van der Waals surface area contributed by atoms with Gasteiger partial charge in [0.15, 0.2) is 11.4 Å². The van der Waals surface area contributed by atoms with Crippen LogP contribution in [0.15, 0.2) is 41.3 Å². The van der Waals surface area contributed by atoms with Crippen molar-refractivity contribution in [3.63, 3.8) is 0 Å². The Morgan fingerprint density at radius 2 is 1.80 bits per heavy atom. The highest BCUT2D eigenvalue weighted by Crippen LogP contribution is 2.50. The zero-order chi connectivity index (χ0) is 29.1. The molecular weight excluding hydrogens is 538 g/mol. The number of aromatic nitrogens is 2. The highest BCUT2D eigenvalue weighted by atomic mass is 19.3. The van der Waals surface area contributed by atoms with Gasteiger partial charge in [-0.25, -0.2) is 22.5 Å². The van der Waals surface area contributed by atoms with Gasteiger partial charge in [0.05, 0.1) is 23.2 Å². The van der Waals surface area contributed by atoms with Gasteiger partial charge in [0.2, 0.25) is 11.3 Å². The van der Waals surface area contributed by atoms with Crippen LogP contribution in [0.4, 0.5) is 23.4 Å². The molecule has 0 radical (unpaired) electrons. The fraction of sp³-hybridized carbons (Fsp3) is 0.484. The second-order valence-corrected chi connectivity index (χ2v) is 12.4. The van der Waals surface area contributed by atoms with Crippen molar-refractivity contribution in [1.82, 2.24) is 9.55 Å². The van der Waals surface area contributed by atoms with Crippen molar-refractivity contribution in [2.45, 2.75) is 70.6 Å². The summed E-state index contributed by atoms with van der Waals surface area (Å²) in [5.41, 5.74) is -1.33. The Bertz CT molecular complexity index is 1610. The fourth-order valence-corrected chi connectivity index (χ4v) is 7.31. The highest BCUT2D eigenvalue weighted by Gasteiger charge is 2.42. The first kappa shape index (κ1) is 27.6. The van der Waals surface area contributed by atoms with Crippen molar-refractivity contribution >= 4 is 28.5 Å². The van der Waals surface area contributed by atoms with E-state index in [1.54, 1.807) is 0 Å². The van der Waals surface area contributed by atoms with E-state index in [2.05, 4.69) is 11.9 Å². The first-order chi connectivity index (χ1) is 19.4. The number of nitrogens with zero attached hydrogens (tertiary/aromatic N) is 3. The summed E-state index contributed by atoms with van der Waals surface area (Å²) >= 11 is 0. The standard InChI is InChI=1S/C31H31F4N3O3/c1-30(13-18-3-2-4-19(11-18)14-30)15-25(39)22-16-37(24-7-5-20(32)12-23(24)33)29-21(28(22)41)6-8-26(36-29)38-17-31(34,35)10-9-27(38)40/h5-8,12,16,18-19H,2-4,9-11,13-15,17H2,1H3. The summed E-state index contributed by atoms with van der Waals surface area (Å²) in [5.74, 6) is -4.82. The van der Waals surface area contributed by atoms with Crippen molar-refractivity contribution in [3.8, 4) is 5.69 Å². The van der Waals surface area contributed by atoms with Crippen LogP contribution in [-0.2, 0) is 4.79 Å². The molecule has 0 spiro atoms. The second kappa shape index (κ2) is 10.1. The molecule has 1 aliphatic heterocycles. The highest BCUT2D eigenvalue weighted by molar-refractivity contribution is 6.00. The Kier molecular flexibility index (Phi) is 6.77. The predicted octanol–water partition coefficient (Wildman–Crippen LogP) is 6.61. The van der Waals surface area contributed by atoms with Crippen molar-refractivity contribution in [2.75, 3.05) is 11.4 Å². The maximum Gasteiger partial charge on any atom is 0.266 e. The van der Waals surface area contributed by atoms with Crippen LogP contribution in [0.1, 0.15) is 75.1 Å². The van der Waals surface area contributed by atoms with Crippen LogP contribution < -0.4 is 10.3 Å². The third-order valence-corrected chi connectivity index (χ3v) is 9.02. The quantitative estimate of drug-likeness (QED) is 0.256. The van der Waals surface area contributed by atoms with Gasteiger partial charge in [-0.15, -0.1) is 0 Å². The number of fused-ring (bicyclic) bond motifs is 3. The minimum absolute atomic E-state index is 0.0368. The molecule has 2 atom stereocenters. The fourth-order valence-electron chi connectivity index (χ4n) is 7.31. The molecule has 41 heavy (non-hydrogen) atoms. The third-order valence-electron chi connectivity index (χ3n) is 9.02. The lowest BCUT2D eigenvalue weighted by molar-refractivity contribution is -0.125. The first-order valence-electron chi connectivity index (χ1n) is 14.1. The van der Waals surface area contributed by atoms with E-state index in [4.69, 9.17) is 0 Å². The van der Waals surface area contributed by atoms with E-state index in [-0.39, 0.29) is 52.1 Å². The molecule has 1 amide bonds. The molecule has 3 aromatic rings. The number of carbonyl (C=O) groups is 2. The number of pyridine rings is 2. The van der Waals surface area contributed by atoms with Crippen LogP contribution >= 0.6 is 0 Å². The zero-order valence-electron chi connectivity index (χ0n) is 22.8. The number of hydrogen-bond donors (Lipinski definition) is 0. The summed E-state index contributed by atoms with van der Waals surface area (Å²) in [6, 6.07) is 5.46. The van der Waals surface area contributed by atoms with E-state index in [0.717, 1.165) is 42.7 Å². The lowest BCUT2D eigenvalue weighted by atomic mass is 9.60. The topological polar surface area (TPSA) is 72.3 Å². The van der Waals surface area contributed by atoms with E-state index >= 15 is 4.39 Å². The number of amides is 1. The lowest BCUT2D eigenvalue weighted by Gasteiger charge is -2.45. The van der Waals surface area contributed by atoms with Crippen molar-refractivity contribution in [1.29, 1.82) is 0 Å². The third kappa shape index (κ3) is 5.28. The molecule has 3 fully saturated rings. The van der Waals surface area contributed by atoms with Crippen LogP contribution in [0, 0.1) is 28.9 Å². The van der Waals surface area contributed by atoms with Crippen LogP contribution in [0.3, 0.4) is 0 Å². The summed E-state index contributed by atoms with van der Waals surface area (Å²) in [4.78, 5) is 45.1. The number of carbonyl (C=O) groups excluding carboxylic acids is 2. The molecular formula is C31H31F4N3O3. The van der Waals surface area contributed by atoms with Gasteiger partial charge in [0.25, 0.3) is 5.92 Å². The van der Waals surface area contributed by atoms with Gasteiger partial charge in [0.1, 0.15) is 17.5 Å². The Hall–Kier alpha value is -3.56. The molecule has 2 bridgehead atoms. The van der Waals surface area contributed by atoms with Crippen molar-refractivity contribution in [3.05, 3.63) is 63.9 Å². The smallest absolute Gasteiger partial charge is 0.266 e. The molecule has 10 heteroatoms. The molecule has 0 N–H and O–H groups in total. The van der Waals surface area contributed by atoms with E-state index < -0.39 is 41.9 Å². The molecule has 6 rings (SSSR count). The molecule has 2 unspecified atom stereocenters. The predicted molar refractivity (Wildman–Crippen MR) is 146 cm³/mol. The van der Waals surface area contributed by atoms with E-state index in [0.29, 0.717) is 17.9 Å². The number of anilines is 1. The number of ketones is 1. The molecule has 2 saturated carbocycles. The summed E-state index contributed by atoms with van der Waals surface area (Å²) in [7, 11) is 0. The number of benzene rings is 1. The number of halogens is 4. The van der Waals surface area contributed by atoms with Gasteiger partial charge in [-0.2, -0.15) is 0 Å². The molecule has 3 aliphatic rings. The average molecular weight is 570 g/mol. The largest absolute Gasteiger partial charge is 0.297 e. The summed E-state index contributed by atoms with van der Waals surface area (Å²) in [5, 5.41) is -0.0368. The maximum atomic E-state index is 15.1. The van der Waals surface area contributed by atoms with Gasteiger partial charge in [-0.05, 0) is 60.8 Å². The van der Waals surface area contributed by atoms with Crippen LogP contribution in [0.5, 0.6) is 0 Å². The summed E-state index contributed by atoms with van der Waals surface area (Å²) in [6.07, 6.45) is 6.90. The molecule has 1 aromatic carbocycles. The van der Waals surface area contributed by atoms with E-state index in [1.165, 1.54) is 35.7 Å². The van der Waals surface area contributed by atoms with E-state index in [1.807, 2.05) is 0 Å². The normalized spacial score (nSPS) is 25.9. The minimum Gasteiger partial charge on any atom is -0.297 e. The first-order valence-corrected chi connectivity index (χ1v) is 14.1. The molecule has 3 heterocycles. The Morgan fingerprint density at radius 1 is 1.07 bits per heavy atom. The van der Waals surface area contributed by atoms with Crippen LogP contribution in [-0.4, -0.2) is 33.7 Å². The zero-order valence-corrected chi connectivity index (χ0v) is 22.8. The summed E-state index contributed by atoms with van der Waals surface area (Å²) < 4.78 is 58.4. The molecule has 2 aliphatic carbocycles. The van der Waals surface area contributed by atoms with Gasteiger partial charge >= 0.3 is 0 Å². The molecule has 6 nitrogen and oxygen atoms in total. The number of Topliss-reactive ketones (excluding diaryl/α,β-unsaturated/α-hetero) is 1. The van der Waals surface area contributed by atoms with Gasteiger partial charge < -0.3 is 0 Å². The minimum atomic E-state index is -3.11. The van der Waals surface area contributed by atoms with Crippen LogP contribution in [0.2, 0.25) is 0 Å². The van der Waals surface area contributed by atoms with Crippen molar-refractivity contribution < 1.29 is 27.2 Å². The number of rotatable bonds is 5. The number of piperidine rings is 1. The Morgan fingerprint density at radius 3 is 2.51 bits per heavy atom. The Labute approximate surface area is 234 Å². The molecule has 1 saturated heterocycles. The van der Waals surface area contributed by atoms with E-state index in [9.17, 15) is 27.6 Å². The van der Waals surface area contributed by atoms with Crippen LogP contribution in [0.25, 0.3) is 16.7 Å².